The number of hydrogen-bond acceptors (Lipinski definition) is 9. The molecule has 1 amide bonds. The van der Waals surface area contributed by atoms with E-state index in [2.05, 4.69) is 25.5 Å². The molecule has 0 bridgehead atoms. The van der Waals surface area contributed by atoms with E-state index in [0.29, 0.717) is 29.3 Å². The molecule has 0 aliphatic carbocycles. The number of aromatic nitrogens is 4. The summed E-state index contributed by atoms with van der Waals surface area (Å²) in [7, 11) is -3.35. The maximum Gasteiger partial charge on any atom is 0.407 e. The average molecular weight is 474 g/mol. The quantitative estimate of drug-likeness (QED) is 0.547. The summed E-state index contributed by atoms with van der Waals surface area (Å²) in [6.07, 6.45) is 2.87. The highest BCUT2D eigenvalue weighted by molar-refractivity contribution is 7.92. The zero-order valence-corrected chi connectivity index (χ0v) is 20.0. The van der Waals surface area contributed by atoms with Crippen molar-refractivity contribution < 1.29 is 22.4 Å². The molecule has 2 aromatic heterocycles. The molecule has 0 saturated carbocycles. The third-order valence-corrected chi connectivity index (χ3v) is 6.60. The van der Waals surface area contributed by atoms with E-state index in [4.69, 9.17) is 9.15 Å². The molecule has 11 heteroatoms. The number of ether oxygens (including phenoxy) is 1. The topological polar surface area (TPSA) is 137 Å². The number of nitrogens with zero attached hydrogens (tertiary/aromatic N) is 4. The van der Waals surface area contributed by atoms with Crippen LogP contribution in [0.5, 0.6) is 0 Å². The van der Waals surface area contributed by atoms with Gasteiger partial charge in [-0.2, -0.15) is 0 Å². The highest BCUT2D eigenvalue weighted by atomic mass is 32.2. The average Bonchev–Trinajstić information content (AvgIpc) is 3.21. The lowest BCUT2D eigenvalue weighted by atomic mass is 10.1. The summed E-state index contributed by atoms with van der Waals surface area (Å²) in [4.78, 5) is 20.6. The van der Waals surface area contributed by atoms with Gasteiger partial charge in [0.05, 0.1) is 28.2 Å². The summed E-state index contributed by atoms with van der Waals surface area (Å²) in [6.45, 7) is 8.92. The molecule has 1 aromatic carbocycles. The van der Waals surface area contributed by atoms with Gasteiger partial charge in [0.2, 0.25) is 5.89 Å². The van der Waals surface area contributed by atoms with E-state index in [1.807, 2.05) is 0 Å². The minimum Gasteiger partial charge on any atom is -0.444 e. The minimum absolute atomic E-state index is 0.190. The van der Waals surface area contributed by atoms with Crippen LogP contribution in [-0.2, 0) is 21.0 Å². The van der Waals surface area contributed by atoms with Gasteiger partial charge in [-0.1, -0.05) is 12.1 Å². The molecule has 2 heterocycles. The van der Waals surface area contributed by atoms with E-state index in [-0.39, 0.29) is 17.3 Å². The molecule has 0 saturated heterocycles. The molecule has 0 aliphatic heterocycles. The number of carbonyl (C=O) groups excluding carboxylic acids is 1. The maximum absolute atomic E-state index is 12.3. The second-order valence-electron chi connectivity index (χ2n) is 8.59. The van der Waals surface area contributed by atoms with Gasteiger partial charge < -0.3 is 14.5 Å². The SMILES string of the molecule is CC(C)S(=O)(=O)c1ccc(-c2cncc(-c3nnc(CCNC(=O)OC(C)(C)C)o3)n2)cc1. The van der Waals surface area contributed by atoms with Gasteiger partial charge in [-0.15, -0.1) is 10.2 Å². The molecule has 1 N–H and O–H groups in total. The number of sulfone groups is 1. The fourth-order valence-electron chi connectivity index (χ4n) is 2.74. The molecule has 0 radical (unpaired) electrons. The van der Waals surface area contributed by atoms with E-state index < -0.39 is 26.8 Å². The van der Waals surface area contributed by atoms with Gasteiger partial charge in [0.25, 0.3) is 5.89 Å². The van der Waals surface area contributed by atoms with Crippen molar-refractivity contribution in [1.29, 1.82) is 0 Å². The second-order valence-corrected chi connectivity index (χ2v) is 11.1. The van der Waals surface area contributed by atoms with Gasteiger partial charge in [0.1, 0.15) is 11.3 Å². The van der Waals surface area contributed by atoms with Crippen molar-refractivity contribution in [3.05, 3.63) is 42.5 Å². The number of amides is 1. The highest BCUT2D eigenvalue weighted by Crippen LogP contribution is 2.23. The first-order valence-electron chi connectivity index (χ1n) is 10.4. The summed E-state index contributed by atoms with van der Waals surface area (Å²) >= 11 is 0. The Bertz CT molecular complexity index is 1210. The second kappa shape index (κ2) is 9.65. The van der Waals surface area contributed by atoms with E-state index in [1.54, 1.807) is 65.1 Å². The molecule has 176 valence electrons. The van der Waals surface area contributed by atoms with Crippen molar-refractivity contribution in [1.82, 2.24) is 25.5 Å². The van der Waals surface area contributed by atoms with Gasteiger partial charge in [0, 0.05) is 18.5 Å². The van der Waals surface area contributed by atoms with E-state index in [9.17, 15) is 13.2 Å². The Balaban J connectivity index is 1.68. The number of benzene rings is 1. The first kappa shape index (κ1) is 24.3. The Morgan fingerprint density at radius 2 is 1.76 bits per heavy atom. The van der Waals surface area contributed by atoms with E-state index >= 15 is 0 Å². The molecule has 0 fully saturated rings. The zero-order valence-electron chi connectivity index (χ0n) is 19.2. The fourth-order valence-corrected chi connectivity index (χ4v) is 3.80. The normalized spacial score (nSPS) is 12.1. The van der Waals surface area contributed by atoms with E-state index in [1.165, 1.54) is 6.20 Å². The lowest BCUT2D eigenvalue weighted by molar-refractivity contribution is 0.0528. The smallest absolute Gasteiger partial charge is 0.407 e. The van der Waals surface area contributed by atoms with Crippen LogP contribution >= 0.6 is 0 Å². The Morgan fingerprint density at radius 3 is 2.39 bits per heavy atom. The Kier molecular flexibility index (Phi) is 7.11. The molecule has 33 heavy (non-hydrogen) atoms. The number of nitrogens with one attached hydrogen (secondary N) is 1. The van der Waals surface area contributed by atoms with Gasteiger partial charge in [-0.3, -0.25) is 4.98 Å². The van der Waals surface area contributed by atoms with Crippen LogP contribution in [0.1, 0.15) is 40.5 Å². The van der Waals surface area contributed by atoms with Gasteiger partial charge in [0.15, 0.2) is 9.84 Å². The molecule has 10 nitrogen and oxygen atoms in total. The van der Waals surface area contributed by atoms with Crippen molar-refractivity contribution >= 4 is 15.9 Å². The van der Waals surface area contributed by atoms with Crippen molar-refractivity contribution in [3.63, 3.8) is 0 Å². The van der Waals surface area contributed by atoms with Crippen LogP contribution in [0.4, 0.5) is 4.79 Å². The van der Waals surface area contributed by atoms with Crippen LogP contribution in [0.15, 0.2) is 46.0 Å². The number of carbonyl (C=O) groups is 1. The first-order valence-corrected chi connectivity index (χ1v) is 12.0. The fraction of sp³-hybridized carbons (Fsp3) is 0.409. The maximum atomic E-state index is 12.3. The molecular weight excluding hydrogens is 446 g/mol. The monoisotopic (exact) mass is 473 g/mol. The van der Waals surface area contributed by atoms with Crippen molar-refractivity contribution in [2.45, 2.75) is 56.8 Å². The van der Waals surface area contributed by atoms with Gasteiger partial charge >= 0.3 is 6.09 Å². The zero-order chi connectivity index (χ0) is 24.2. The molecule has 3 aromatic rings. The van der Waals surface area contributed by atoms with Crippen LogP contribution in [0, 0.1) is 0 Å². The predicted octanol–water partition coefficient (Wildman–Crippen LogP) is 3.44. The number of hydrogen-bond donors (Lipinski definition) is 1. The summed E-state index contributed by atoms with van der Waals surface area (Å²) in [5.74, 6) is 0.520. The predicted molar refractivity (Wildman–Crippen MR) is 121 cm³/mol. The van der Waals surface area contributed by atoms with Crippen LogP contribution < -0.4 is 5.32 Å². The summed E-state index contributed by atoms with van der Waals surface area (Å²) in [5, 5.41) is 10.1. The number of alkyl carbamates (subject to hydrolysis) is 1. The number of rotatable bonds is 7. The summed E-state index contributed by atoms with van der Waals surface area (Å²) in [6, 6.07) is 6.48. The molecule has 0 unspecified atom stereocenters. The lowest BCUT2D eigenvalue weighted by Gasteiger charge is -2.19. The molecule has 3 rings (SSSR count). The van der Waals surface area contributed by atoms with Gasteiger partial charge in [-0.05, 0) is 46.8 Å². The highest BCUT2D eigenvalue weighted by Gasteiger charge is 2.19. The van der Waals surface area contributed by atoms with Gasteiger partial charge in [-0.25, -0.2) is 18.2 Å². The Labute approximate surface area is 192 Å². The third kappa shape index (κ3) is 6.35. The molecule has 0 aliphatic rings. The Morgan fingerprint density at radius 1 is 1.09 bits per heavy atom. The third-order valence-electron chi connectivity index (χ3n) is 4.43. The molecule has 0 spiro atoms. The van der Waals surface area contributed by atoms with Crippen LogP contribution in [0.25, 0.3) is 22.8 Å². The standard InChI is InChI=1S/C22H27N5O5S/c1-14(2)33(29,30)16-8-6-15(7-9-16)17-12-23-13-18(25-17)20-27-26-19(31-20)10-11-24-21(28)32-22(3,4)5/h6-9,12-14H,10-11H2,1-5H3,(H,24,28). The van der Waals surface area contributed by atoms with Crippen molar-refractivity contribution in [2.24, 2.45) is 0 Å². The van der Waals surface area contributed by atoms with E-state index in [0.717, 1.165) is 0 Å². The summed E-state index contributed by atoms with van der Waals surface area (Å²) < 4.78 is 35.4. The minimum atomic E-state index is -3.35. The van der Waals surface area contributed by atoms with Crippen molar-refractivity contribution in [3.8, 4) is 22.8 Å². The van der Waals surface area contributed by atoms with Crippen LogP contribution in [0.2, 0.25) is 0 Å². The molecular formula is C22H27N5O5S. The van der Waals surface area contributed by atoms with Crippen molar-refractivity contribution in [2.75, 3.05) is 6.54 Å². The first-order chi connectivity index (χ1) is 15.5. The summed E-state index contributed by atoms with van der Waals surface area (Å²) in [5.41, 5.74) is 1.04. The van der Waals surface area contributed by atoms with Crippen LogP contribution in [0.3, 0.4) is 0 Å². The van der Waals surface area contributed by atoms with Crippen LogP contribution in [-0.4, -0.2) is 52.1 Å². The Hall–Kier alpha value is -3.34. The largest absolute Gasteiger partial charge is 0.444 e. The molecule has 0 atom stereocenters. The lowest BCUT2D eigenvalue weighted by Crippen LogP contribution is -2.33.